The molecule has 0 radical (unpaired) electrons. The van der Waals surface area contributed by atoms with Crippen molar-refractivity contribution in [1.82, 2.24) is 20.1 Å². The van der Waals surface area contributed by atoms with Crippen LogP contribution in [0.2, 0.25) is 5.02 Å². The van der Waals surface area contributed by atoms with Crippen LogP contribution in [0, 0.1) is 18.6 Å². The summed E-state index contributed by atoms with van der Waals surface area (Å²) in [6, 6.07) is 17.1. The molecule has 1 aromatic heterocycles. The predicted molar refractivity (Wildman–Crippen MR) is 134 cm³/mol. The molecule has 180 valence electrons. The van der Waals surface area contributed by atoms with Gasteiger partial charge in [0.1, 0.15) is 11.6 Å². The molecule has 0 bridgehead atoms. The molecule has 2 amide bonds. The Morgan fingerprint density at radius 1 is 1.09 bits per heavy atom. The maximum absolute atomic E-state index is 13.9. The summed E-state index contributed by atoms with van der Waals surface area (Å²) in [4.78, 5) is 12.6. The van der Waals surface area contributed by atoms with E-state index in [1.165, 1.54) is 11.8 Å². The average Bonchev–Trinajstić information content (AvgIpc) is 3.25. The molecule has 10 heteroatoms. The smallest absolute Gasteiger partial charge is 0.319 e. The molecule has 0 aliphatic heterocycles. The van der Waals surface area contributed by atoms with Crippen molar-refractivity contribution in [2.45, 2.75) is 30.8 Å². The largest absolute Gasteiger partial charge is 0.328 e. The standard InChI is InChI=1S/C25H22ClF2N5OS/c1-15-8-9-18(26)12-22(15)33-23(31-32-25(33)35-14-17-6-4-3-5-7-17)16(2)29-24(34)30-21-11-10-19(27)13-20(21)28/h3-13,16H,14H2,1-2H3,(H2,29,30,34). The second-order valence-corrected chi connectivity index (χ2v) is 9.20. The van der Waals surface area contributed by atoms with E-state index < -0.39 is 23.7 Å². The summed E-state index contributed by atoms with van der Waals surface area (Å²) >= 11 is 7.79. The van der Waals surface area contributed by atoms with Crippen LogP contribution < -0.4 is 10.6 Å². The van der Waals surface area contributed by atoms with Crippen LogP contribution in [0.5, 0.6) is 0 Å². The molecule has 0 saturated carbocycles. The van der Waals surface area contributed by atoms with Crippen LogP contribution in [-0.4, -0.2) is 20.8 Å². The number of urea groups is 1. The second-order valence-electron chi connectivity index (χ2n) is 7.83. The SMILES string of the molecule is Cc1ccc(Cl)cc1-n1c(SCc2ccccc2)nnc1C(C)NC(=O)Nc1ccc(F)cc1F. The molecule has 6 nitrogen and oxygen atoms in total. The average molecular weight is 514 g/mol. The Kier molecular flexibility index (Phi) is 7.67. The van der Waals surface area contributed by atoms with E-state index in [9.17, 15) is 13.6 Å². The highest BCUT2D eigenvalue weighted by atomic mass is 35.5. The number of carbonyl (C=O) groups excluding carboxylic acids is 1. The van der Waals surface area contributed by atoms with Crippen LogP contribution in [0.25, 0.3) is 5.69 Å². The zero-order valence-electron chi connectivity index (χ0n) is 18.9. The van der Waals surface area contributed by atoms with E-state index in [2.05, 4.69) is 20.8 Å². The third kappa shape index (κ3) is 5.98. The molecule has 35 heavy (non-hydrogen) atoms. The van der Waals surface area contributed by atoms with Gasteiger partial charge in [0.25, 0.3) is 0 Å². The van der Waals surface area contributed by atoms with Gasteiger partial charge in [-0.3, -0.25) is 4.57 Å². The number of thioether (sulfide) groups is 1. The lowest BCUT2D eigenvalue weighted by Crippen LogP contribution is -2.33. The number of nitrogens with zero attached hydrogens (tertiary/aromatic N) is 3. The zero-order valence-corrected chi connectivity index (χ0v) is 20.5. The molecule has 4 aromatic rings. The van der Waals surface area contributed by atoms with Crippen LogP contribution in [0.4, 0.5) is 19.3 Å². The van der Waals surface area contributed by atoms with Gasteiger partial charge in [-0.05, 0) is 49.2 Å². The number of anilines is 1. The van der Waals surface area contributed by atoms with Crippen molar-refractivity contribution in [2.75, 3.05) is 5.32 Å². The summed E-state index contributed by atoms with van der Waals surface area (Å²) in [5, 5.41) is 15.0. The summed E-state index contributed by atoms with van der Waals surface area (Å²) in [5.74, 6) is -0.455. The van der Waals surface area contributed by atoms with Crippen LogP contribution in [-0.2, 0) is 5.75 Å². The van der Waals surface area contributed by atoms with Crippen molar-refractivity contribution < 1.29 is 13.6 Å². The first-order valence-electron chi connectivity index (χ1n) is 10.7. The highest BCUT2D eigenvalue weighted by molar-refractivity contribution is 7.98. The molecular formula is C25H22ClF2N5OS. The third-order valence-corrected chi connectivity index (χ3v) is 6.43. The molecule has 0 aliphatic rings. The van der Waals surface area contributed by atoms with Gasteiger partial charge in [-0.15, -0.1) is 10.2 Å². The number of carbonyl (C=O) groups is 1. The van der Waals surface area contributed by atoms with Crippen molar-refractivity contribution in [2.24, 2.45) is 0 Å². The van der Waals surface area contributed by atoms with Gasteiger partial charge in [0, 0.05) is 16.8 Å². The first-order valence-corrected chi connectivity index (χ1v) is 12.1. The molecule has 1 atom stereocenters. The highest BCUT2D eigenvalue weighted by Crippen LogP contribution is 2.30. The fourth-order valence-electron chi connectivity index (χ4n) is 3.44. The molecule has 1 unspecified atom stereocenters. The van der Waals surface area contributed by atoms with E-state index in [0.29, 0.717) is 27.8 Å². The van der Waals surface area contributed by atoms with Crippen molar-refractivity contribution >= 4 is 35.1 Å². The van der Waals surface area contributed by atoms with Gasteiger partial charge in [0.2, 0.25) is 0 Å². The Morgan fingerprint density at radius 3 is 2.60 bits per heavy atom. The Labute approximate surface area is 210 Å². The van der Waals surface area contributed by atoms with Gasteiger partial charge in [0.15, 0.2) is 11.0 Å². The third-order valence-electron chi connectivity index (χ3n) is 5.20. The molecule has 1 heterocycles. The normalized spacial score (nSPS) is 11.8. The molecule has 0 spiro atoms. The first-order chi connectivity index (χ1) is 16.8. The number of rotatable bonds is 7. The summed E-state index contributed by atoms with van der Waals surface area (Å²) in [6.07, 6.45) is 0. The van der Waals surface area contributed by atoms with Crippen LogP contribution >= 0.6 is 23.4 Å². The molecule has 0 saturated heterocycles. The quantitative estimate of drug-likeness (QED) is 0.270. The topological polar surface area (TPSA) is 71.8 Å². The van der Waals surface area contributed by atoms with Gasteiger partial charge in [-0.2, -0.15) is 0 Å². The Bertz CT molecular complexity index is 1350. The van der Waals surface area contributed by atoms with Gasteiger partial charge < -0.3 is 10.6 Å². The minimum Gasteiger partial charge on any atom is -0.328 e. The lowest BCUT2D eigenvalue weighted by atomic mass is 10.2. The minimum atomic E-state index is -0.870. The number of benzene rings is 3. The predicted octanol–water partition coefficient (Wildman–Crippen LogP) is 6.68. The van der Waals surface area contributed by atoms with Gasteiger partial charge in [-0.25, -0.2) is 13.6 Å². The van der Waals surface area contributed by atoms with E-state index in [4.69, 9.17) is 11.6 Å². The maximum atomic E-state index is 13.9. The van der Waals surface area contributed by atoms with Crippen LogP contribution in [0.15, 0.2) is 71.9 Å². The Balaban J connectivity index is 1.61. The van der Waals surface area contributed by atoms with Gasteiger partial charge in [0.05, 0.1) is 17.4 Å². The van der Waals surface area contributed by atoms with E-state index >= 15 is 0 Å². The van der Waals surface area contributed by atoms with E-state index in [1.54, 1.807) is 13.0 Å². The number of aryl methyl sites for hydroxylation is 1. The summed E-state index contributed by atoms with van der Waals surface area (Å²) in [7, 11) is 0. The number of halogens is 3. The van der Waals surface area contributed by atoms with Crippen molar-refractivity contribution in [3.05, 3.63) is 100 Å². The monoisotopic (exact) mass is 513 g/mol. The molecule has 4 rings (SSSR count). The summed E-state index contributed by atoms with van der Waals surface area (Å²) < 4.78 is 29.0. The van der Waals surface area contributed by atoms with Crippen LogP contribution in [0.1, 0.15) is 29.9 Å². The number of amides is 2. The molecule has 2 N–H and O–H groups in total. The first kappa shape index (κ1) is 24.7. The maximum Gasteiger partial charge on any atom is 0.319 e. The van der Waals surface area contributed by atoms with E-state index in [-0.39, 0.29) is 5.69 Å². The van der Waals surface area contributed by atoms with Gasteiger partial charge in [-0.1, -0.05) is 59.8 Å². The number of hydrogen-bond donors (Lipinski definition) is 2. The van der Waals surface area contributed by atoms with Gasteiger partial charge >= 0.3 is 6.03 Å². The van der Waals surface area contributed by atoms with Crippen molar-refractivity contribution in [1.29, 1.82) is 0 Å². The van der Waals surface area contributed by atoms with E-state index in [0.717, 1.165) is 28.9 Å². The van der Waals surface area contributed by atoms with E-state index in [1.807, 2.05) is 54.0 Å². The Hall–Kier alpha value is -3.43. The number of nitrogens with one attached hydrogen (secondary N) is 2. The number of hydrogen-bond acceptors (Lipinski definition) is 4. The summed E-state index contributed by atoms with van der Waals surface area (Å²) in [5.41, 5.74) is 2.72. The lowest BCUT2D eigenvalue weighted by Gasteiger charge is -2.18. The van der Waals surface area contributed by atoms with Crippen molar-refractivity contribution in [3.8, 4) is 5.69 Å². The second kappa shape index (κ2) is 10.9. The molecule has 3 aromatic carbocycles. The van der Waals surface area contributed by atoms with Crippen molar-refractivity contribution in [3.63, 3.8) is 0 Å². The lowest BCUT2D eigenvalue weighted by molar-refractivity contribution is 0.248. The number of aromatic nitrogens is 3. The molecule has 0 fully saturated rings. The zero-order chi connectivity index (χ0) is 24.9. The molecular weight excluding hydrogens is 492 g/mol. The fraction of sp³-hybridized carbons (Fsp3) is 0.160. The minimum absolute atomic E-state index is 0.137. The van der Waals surface area contributed by atoms with Crippen LogP contribution in [0.3, 0.4) is 0 Å². The summed E-state index contributed by atoms with van der Waals surface area (Å²) in [6.45, 7) is 3.69. The Morgan fingerprint density at radius 2 is 1.86 bits per heavy atom. The fourth-order valence-corrected chi connectivity index (χ4v) is 4.51. The highest BCUT2D eigenvalue weighted by Gasteiger charge is 2.23. The molecule has 0 aliphatic carbocycles.